The summed E-state index contributed by atoms with van der Waals surface area (Å²) in [6.07, 6.45) is 10.4. The van der Waals surface area contributed by atoms with Gasteiger partial charge in [0.05, 0.1) is 0 Å². The van der Waals surface area contributed by atoms with E-state index in [0.29, 0.717) is 11.5 Å². The normalized spacial score (nSPS) is 22.9. The van der Waals surface area contributed by atoms with Gasteiger partial charge in [0.2, 0.25) is 5.78 Å². The highest BCUT2D eigenvalue weighted by Gasteiger charge is 2.25. The van der Waals surface area contributed by atoms with Crippen LogP contribution in [0.4, 0.5) is 0 Å². The monoisotopic (exact) mass is 288 g/mol. The van der Waals surface area contributed by atoms with Crippen molar-refractivity contribution >= 4 is 11.7 Å². The van der Waals surface area contributed by atoms with E-state index in [4.69, 9.17) is 0 Å². The minimum Gasteiger partial charge on any atom is -0.396 e. The summed E-state index contributed by atoms with van der Waals surface area (Å²) < 4.78 is 1.73. The fourth-order valence-corrected chi connectivity index (χ4v) is 2.97. The number of imidazole rings is 1. The summed E-state index contributed by atoms with van der Waals surface area (Å²) in [5.74, 6) is 0.472. The van der Waals surface area contributed by atoms with E-state index in [9.17, 15) is 9.90 Å². The van der Waals surface area contributed by atoms with E-state index in [1.54, 1.807) is 22.9 Å². The van der Waals surface area contributed by atoms with Gasteiger partial charge in [-0.3, -0.25) is 9.20 Å². The number of rotatable bonds is 3. The molecule has 2 heterocycles. The molecule has 1 aliphatic rings. The van der Waals surface area contributed by atoms with Crippen LogP contribution in [0.25, 0.3) is 5.78 Å². The van der Waals surface area contributed by atoms with Crippen molar-refractivity contribution in [1.82, 2.24) is 19.7 Å². The van der Waals surface area contributed by atoms with Gasteiger partial charge in [0.15, 0.2) is 0 Å². The van der Waals surface area contributed by atoms with Gasteiger partial charge in [0, 0.05) is 37.2 Å². The second-order valence-electron chi connectivity index (χ2n) is 5.61. The molecule has 112 valence electrons. The summed E-state index contributed by atoms with van der Waals surface area (Å²) in [6, 6.07) is 1.83. The molecule has 21 heavy (non-hydrogen) atoms. The van der Waals surface area contributed by atoms with Crippen LogP contribution < -0.4 is 5.32 Å². The molecule has 0 bridgehead atoms. The zero-order chi connectivity index (χ0) is 14.7. The fourth-order valence-electron chi connectivity index (χ4n) is 2.97. The van der Waals surface area contributed by atoms with Crippen LogP contribution in [-0.4, -0.2) is 38.0 Å². The van der Waals surface area contributed by atoms with Crippen LogP contribution in [0.15, 0.2) is 24.7 Å². The number of carbonyl (C=O) groups is 1. The number of fused-ring (bicyclic) bond motifs is 1. The maximum Gasteiger partial charge on any atom is 0.271 e. The van der Waals surface area contributed by atoms with Gasteiger partial charge >= 0.3 is 0 Å². The second kappa shape index (κ2) is 6.22. The molecule has 2 aromatic rings. The molecule has 6 heteroatoms. The van der Waals surface area contributed by atoms with Crippen molar-refractivity contribution in [3.63, 3.8) is 0 Å². The lowest BCUT2D eigenvalue weighted by Gasteiger charge is -2.24. The topological polar surface area (TPSA) is 79.5 Å². The smallest absolute Gasteiger partial charge is 0.271 e. The molecule has 2 N–H and O–H groups in total. The summed E-state index contributed by atoms with van der Waals surface area (Å²) in [6.45, 7) is 0.123. The summed E-state index contributed by atoms with van der Waals surface area (Å²) in [7, 11) is 0. The van der Waals surface area contributed by atoms with Gasteiger partial charge in [0.25, 0.3) is 5.91 Å². The number of aliphatic hydroxyl groups is 1. The number of amides is 1. The molecule has 0 radical (unpaired) electrons. The third-order valence-electron chi connectivity index (χ3n) is 4.18. The van der Waals surface area contributed by atoms with Gasteiger partial charge in [-0.05, 0) is 18.9 Å². The quantitative estimate of drug-likeness (QED) is 0.837. The zero-order valence-corrected chi connectivity index (χ0v) is 11.9. The maximum absolute atomic E-state index is 12.4. The Labute approximate surface area is 123 Å². The van der Waals surface area contributed by atoms with Gasteiger partial charge in [0.1, 0.15) is 5.69 Å². The molecule has 1 amide bonds. The zero-order valence-electron chi connectivity index (χ0n) is 11.9. The molecular weight excluding hydrogens is 268 g/mol. The lowest BCUT2D eigenvalue weighted by molar-refractivity contribution is 0.0895. The number of hydrogen-bond donors (Lipinski definition) is 2. The highest BCUT2D eigenvalue weighted by atomic mass is 16.3. The van der Waals surface area contributed by atoms with Crippen LogP contribution >= 0.6 is 0 Å². The third-order valence-corrected chi connectivity index (χ3v) is 4.18. The lowest BCUT2D eigenvalue weighted by atomic mass is 9.95. The van der Waals surface area contributed by atoms with Gasteiger partial charge < -0.3 is 10.4 Å². The summed E-state index contributed by atoms with van der Waals surface area (Å²) in [5.41, 5.74) is 0.370. The average molecular weight is 288 g/mol. The van der Waals surface area contributed by atoms with Gasteiger partial charge in [-0.15, -0.1) is 0 Å². The van der Waals surface area contributed by atoms with E-state index in [-0.39, 0.29) is 24.5 Å². The molecule has 0 spiro atoms. The van der Waals surface area contributed by atoms with E-state index in [2.05, 4.69) is 15.3 Å². The van der Waals surface area contributed by atoms with E-state index in [1.807, 2.05) is 6.20 Å². The SMILES string of the molecule is O=C(NC1CCCCCC1CO)c1cn2cccnc2n1. The third kappa shape index (κ3) is 3.05. The van der Waals surface area contributed by atoms with E-state index < -0.39 is 0 Å². The van der Waals surface area contributed by atoms with E-state index in [1.165, 1.54) is 6.42 Å². The highest BCUT2D eigenvalue weighted by Crippen LogP contribution is 2.23. The Bertz CT molecular complexity index is 592. The first-order chi connectivity index (χ1) is 10.3. The Hall–Kier alpha value is -1.95. The predicted molar refractivity (Wildman–Crippen MR) is 77.9 cm³/mol. The summed E-state index contributed by atoms with van der Waals surface area (Å²) in [5, 5.41) is 12.5. The molecule has 2 unspecified atom stereocenters. The van der Waals surface area contributed by atoms with Crippen molar-refractivity contribution in [1.29, 1.82) is 0 Å². The number of hydrogen-bond acceptors (Lipinski definition) is 4. The summed E-state index contributed by atoms with van der Waals surface area (Å²) >= 11 is 0. The van der Waals surface area contributed by atoms with Crippen LogP contribution in [-0.2, 0) is 0 Å². The van der Waals surface area contributed by atoms with Crippen molar-refractivity contribution in [2.75, 3.05) is 6.61 Å². The minimum absolute atomic E-state index is 0.0303. The van der Waals surface area contributed by atoms with Crippen molar-refractivity contribution in [3.8, 4) is 0 Å². The standard InChI is InChI=1S/C15H20N4O2/c20-10-11-5-2-1-3-6-12(11)17-14(21)13-9-19-8-4-7-16-15(19)18-13/h4,7-9,11-12,20H,1-3,5-6,10H2,(H,17,21). The molecular formula is C15H20N4O2. The maximum atomic E-state index is 12.4. The lowest BCUT2D eigenvalue weighted by Crippen LogP contribution is -2.41. The Balaban J connectivity index is 1.75. The van der Waals surface area contributed by atoms with E-state index in [0.717, 1.165) is 25.7 Å². The van der Waals surface area contributed by atoms with Crippen molar-refractivity contribution in [2.45, 2.75) is 38.1 Å². The van der Waals surface area contributed by atoms with Crippen molar-refractivity contribution in [3.05, 3.63) is 30.4 Å². The van der Waals surface area contributed by atoms with Crippen LogP contribution in [0, 0.1) is 5.92 Å². The number of carbonyl (C=O) groups excluding carboxylic acids is 1. The average Bonchev–Trinajstić information content (AvgIpc) is 2.82. The Kier molecular flexibility index (Phi) is 4.15. The molecule has 2 atom stereocenters. The van der Waals surface area contributed by atoms with Crippen LogP contribution in [0.1, 0.15) is 42.6 Å². The Morgan fingerprint density at radius 3 is 3.05 bits per heavy atom. The number of aromatic nitrogens is 3. The Morgan fingerprint density at radius 1 is 1.38 bits per heavy atom. The van der Waals surface area contributed by atoms with Crippen LogP contribution in [0.3, 0.4) is 0 Å². The van der Waals surface area contributed by atoms with Crippen molar-refractivity contribution < 1.29 is 9.90 Å². The van der Waals surface area contributed by atoms with Crippen LogP contribution in [0.5, 0.6) is 0 Å². The van der Waals surface area contributed by atoms with Gasteiger partial charge in [-0.1, -0.05) is 19.3 Å². The Morgan fingerprint density at radius 2 is 2.24 bits per heavy atom. The molecule has 6 nitrogen and oxygen atoms in total. The number of nitrogens with zero attached hydrogens (tertiary/aromatic N) is 3. The van der Waals surface area contributed by atoms with E-state index >= 15 is 0 Å². The molecule has 1 fully saturated rings. The van der Waals surface area contributed by atoms with Crippen LogP contribution in [0.2, 0.25) is 0 Å². The molecule has 0 saturated heterocycles. The molecule has 0 aromatic carbocycles. The molecule has 1 aliphatic carbocycles. The second-order valence-corrected chi connectivity index (χ2v) is 5.61. The number of nitrogens with one attached hydrogen (secondary N) is 1. The molecule has 2 aromatic heterocycles. The van der Waals surface area contributed by atoms with Crippen molar-refractivity contribution in [2.24, 2.45) is 5.92 Å². The highest BCUT2D eigenvalue weighted by molar-refractivity contribution is 5.92. The molecule has 3 rings (SSSR count). The largest absolute Gasteiger partial charge is 0.396 e. The minimum atomic E-state index is -0.189. The summed E-state index contributed by atoms with van der Waals surface area (Å²) in [4.78, 5) is 20.7. The molecule has 1 saturated carbocycles. The molecule has 0 aliphatic heterocycles. The van der Waals surface area contributed by atoms with Gasteiger partial charge in [-0.25, -0.2) is 9.97 Å². The van der Waals surface area contributed by atoms with Gasteiger partial charge in [-0.2, -0.15) is 0 Å². The first-order valence-corrected chi connectivity index (χ1v) is 7.49. The fraction of sp³-hybridized carbons (Fsp3) is 0.533. The predicted octanol–water partition coefficient (Wildman–Crippen LogP) is 1.40. The first-order valence-electron chi connectivity index (χ1n) is 7.49. The number of aliphatic hydroxyl groups excluding tert-OH is 1. The first kappa shape index (κ1) is 14.0.